The third-order valence-electron chi connectivity index (χ3n) is 2.50. The zero-order valence-electron chi connectivity index (χ0n) is 10.9. The molecule has 1 heterocycles. The van der Waals surface area contributed by atoms with Crippen LogP contribution in [0, 0.1) is 0 Å². The van der Waals surface area contributed by atoms with Gasteiger partial charge in [-0.3, -0.25) is 0 Å². The molecule has 0 aromatic carbocycles. The Morgan fingerprint density at radius 2 is 2.26 bits per heavy atom. The van der Waals surface area contributed by atoms with Crippen molar-refractivity contribution in [1.29, 1.82) is 0 Å². The number of nitrogens with zero attached hydrogens (tertiary/aromatic N) is 1. The first-order valence-electron chi connectivity index (χ1n) is 5.69. The van der Waals surface area contributed by atoms with Crippen molar-refractivity contribution in [2.45, 2.75) is 6.42 Å². The van der Waals surface area contributed by atoms with Gasteiger partial charge in [-0.2, -0.15) is 0 Å². The number of anilines is 1. The van der Waals surface area contributed by atoms with Gasteiger partial charge in [-0.15, -0.1) is 0 Å². The zero-order chi connectivity index (χ0) is 14.3. The predicted molar refractivity (Wildman–Crippen MR) is 83.6 cm³/mol. The van der Waals surface area contributed by atoms with Gasteiger partial charge in [-0.1, -0.05) is 31.4 Å². The van der Waals surface area contributed by atoms with E-state index >= 15 is 0 Å². The molecular weight excluding hydrogens is 304 g/mol. The summed E-state index contributed by atoms with van der Waals surface area (Å²) in [5, 5.41) is 0. The van der Waals surface area contributed by atoms with Crippen molar-refractivity contribution >= 4 is 21.7 Å². The third-order valence-corrected chi connectivity index (χ3v) is 2.93. The molecule has 0 aliphatic rings. The zero-order valence-corrected chi connectivity index (χ0v) is 12.5. The van der Waals surface area contributed by atoms with Crippen LogP contribution in [0.25, 0.3) is 0 Å². The minimum atomic E-state index is 0.507. The Morgan fingerprint density at radius 1 is 1.53 bits per heavy atom. The Bertz CT molecular complexity index is 533. The molecule has 1 rings (SSSR count). The van der Waals surface area contributed by atoms with Gasteiger partial charge in [0.25, 0.3) is 0 Å². The fourth-order valence-electron chi connectivity index (χ4n) is 1.63. The lowest BCUT2D eigenvalue weighted by molar-refractivity contribution is 0.334. The third kappa shape index (κ3) is 4.41. The van der Waals surface area contributed by atoms with Crippen LogP contribution in [0.1, 0.15) is 5.56 Å². The van der Waals surface area contributed by atoms with E-state index in [1.165, 1.54) is 0 Å². The number of ether oxygens (including phenoxy) is 1. The Hall–Kier alpha value is -1.81. The van der Waals surface area contributed by atoms with Crippen molar-refractivity contribution in [1.82, 2.24) is 4.98 Å². The van der Waals surface area contributed by atoms with Gasteiger partial charge >= 0.3 is 0 Å². The second-order valence-corrected chi connectivity index (χ2v) is 4.73. The van der Waals surface area contributed by atoms with E-state index in [-0.39, 0.29) is 0 Å². The van der Waals surface area contributed by atoms with E-state index in [0.29, 0.717) is 12.2 Å². The number of pyridine rings is 1. The average Bonchev–Trinajstić information content (AvgIpc) is 2.39. The molecule has 0 fully saturated rings. The molecule has 0 aliphatic heterocycles. The number of rotatable bonds is 6. The van der Waals surface area contributed by atoms with E-state index < -0.39 is 0 Å². The number of methoxy groups -OCH3 is 1. The molecular formula is C15H17BrN2O. The SMILES string of the molecule is C=C/C=C(C=C)/C(=C\OC)Cc1cc(Br)cnc1N. The predicted octanol–water partition coefficient (Wildman–Crippen LogP) is 3.80. The second-order valence-electron chi connectivity index (χ2n) is 3.82. The van der Waals surface area contributed by atoms with Crippen LogP contribution in [-0.4, -0.2) is 12.1 Å². The van der Waals surface area contributed by atoms with Gasteiger partial charge in [0.2, 0.25) is 0 Å². The molecule has 0 saturated heterocycles. The van der Waals surface area contributed by atoms with Crippen molar-refractivity contribution in [2.75, 3.05) is 12.8 Å². The standard InChI is InChI=1S/C15H17BrN2O/c1-4-6-11(5-2)13(10-19-3)7-12-8-14(16)9-18-15(12)17/h4-6,8-10H,1-2,7H2,3H3,(H2,17,18)/b11-6+,13-10-. The Balaban J connectivity index is 3.12. The molecule has 0 atom stereocenters. The summed E-state index contributed by atoms with van der Waals surface area (Å²) in [5.41, 5.74) is 8.71. The largest absolute Gasteiger partial charge is 0.504 e. The molecule has 0 radical (unpaired) electrons. The summed E-state index contributed by atoms with van der Waals surface area (Å²) in [6, 6.07) is 1.94. The lowest BCUT2D eigenvalue weighted by Crippen LogP contribution is -2.01. The van der Waals surface area contributed by atoms with Crippen molar-refractivity contribution in [2.24, 2.45) is 0 Å². The molecule has 19 heavy (non-hydrogen) atoms. The average molecular weight is 321 g/mol. The van der Waals surface area contributed by atoms with Gasteiger partial charge in [-0.25, -0.2) is 4.98 Å². The van der Waals surface area contributed by atoms with Crippen molar-refractivity contribution < 1.29 is 4.74 Å². The Morgan fingerprint density at radius 3 is 2.84 bits per heavy atom. The molecule has 100 valence electrons. The highest BCUT2D eigenvalue weighted by Gasteiger charge is 2.08. The number of aromatic nitrogens is 1. The van der Waals surface area contributed by atoms with Crippen LogP contribution in [0.3, 0.4) is 0 Å². The lowest BCUT2D eigenvalue weighted by Gasteiger charge is -2.10. The number of hydrogen-bond donors (Lipinski definition) is 1. The smallest absolute Gasteiger partial charge is 0.126 e. The molecule has 3 nitrogen and oxygen atoms in total. The molecule has 0 spiro atoms. The van der Waals surface area contributed by atoms with Crippen molar-refractivity contribution in [3.63, 3.8) is 0 Å². The quantitative estimate of drug-likeness (QED) is 0.640. The topological polar surface area (TPSA) is 48.1 Å². The summed E-state index contributed by atoms with van der Waals surface area (Å²) >= 11 is 3.39. The second kappa shape index (κ2) is 7.59. The number of halogens is 1. The van der Waals surface area contributed by atoms with E-state index in [0.717, 1.165) is 21.2 Å². The van der Waals surface area contributed by atoms with E-state index in [2.05, 4.69) is 34.1 Å². The fourth-order valence-corrected chi connectivity index (χ4v) is 2.00. The van der Waals surface area contributed by atoms with E-state index in [4.69, 9.17) is 10.5 Å². The highest BCUT2D eigenvalue weighted by Crippen LogP contribution is 2.23. The van der Waals surface area contributed by atoms with E-state index in [1.807, 2.05) is 12.1 Å². The summed E-state index contributed by atoms with van der Waals surface area (Å²) in [4.78, 5) is 4.12. The summed E-state index contributed by atoms with van der Waals surface area (Å²) in [6.07, 6.45) is 9.30. The molecule has 4 heteroatoms. The summed E-state index contributed by atoms with van der Waals surface area (Å²) in [6.45, 7) is 7.49. The molecule has 1 aromatic rings. The summed E-state index contributed by atoms with van der Waals surface area (Å²) in [5.74, 6) is 0.507. The maximum absolute atomic E-state index is 5.88. The van der Waals surface area contributed by atoms with Crippen LogP contribution in [0.4, 0.5) is 5.82 Å². The number of nitrogens with two attached hydrogens (primary N) is 1. The van der Waals surface area contributed by atoms with Crippen LogP contribution in [-0.2, 0) is 11.2 Å². The molecule has 2 N–H and O–H groups in total. The highest BCUT2D eigenvalue weighted by atomic mass is 79.9. The number of allylic oxidation sites excluding steroid dienone is 5. The molecule has 1 aromatic heterocycles. The normalized spacial score (nSPS) is 12.1. The van der Waals surface area contributed by atoms with Gasteiger partial charge in [0.05, 0.1) is 13.4 Å². The molecule has 0 saturated carbocycles. The highest BCUT2D eigenvalue weighted by molar-refractivity contribution is 9.10. The van der Waals surface area contributed by atoms with Crippen LogP contribution < -0.4 is 5.73 Å². The van der Waals surface area contributed by atoms with E-state index in [1.54, 1.807) is 31.7 Å². The van der Waals surface area contributed by atoms with Crippen LogP contribution in [0.5, 0.6) is 0 Å². The minimum Gasteiger partial charge on any atom is -0.504 e. The molecule has 0 aliphatic carbocycles. The summed E-state index contributed by atoms with van der Waals surface area (Å²) in [7, 11) is 1.61. The first-order valence-corrected chi connectivity index (χ1v) is 6.49. The van der Waals surface area contributed by atoms with Crippen molar-refractivity contribution in [3.05, 3.63) is 71.1 Å². The van der Waals surface area contributed by atoms with Gasteiger partial charge in [-0.05, 0) is 38.7 Å². The summed E-state index contributed by atoms with van der Waals surface area (Å²) < 4.78 is 6.01. The van der Waals surface area contributed by atoms with Gasteiger partial charge in [0.15, 0.2) is 0 Å². The van der Waals surface area contributed by atoms with E-state index in [9.17, 15) is 0 Å². The fraction of sp³-hybridized carbons (Fsp3) is 0.133. The first kappa shape index (κ1) is 15.2. The van der Waals surface area contributed by atoms with Gasteiger partial charge in [0, 0.05) is 17.1 Å². The maximum Gasteiger partial charge on any atom is 0.126 e. The molecule has 0 unspecified atom stereocenters. The van der Waals surface area contributed by atoms with Crippen molar-refractivity contribution in [3.8, 4) is 0 Å². The Labute approximate surface area is 122 Å². The molecule has 0 bridgehead atoms. The van der Waals surface area contributed by atoms with Gasteiger partial charge in [0.1, 0.15) is 5.82 Å². The van der Waals surface area contributed by atoms with Crippen LogP contribution >= 0.6 is 15.9 Å². The minimum absolute atomic E-state index is 0.507. The maximum atomic E-state index is 5.88. The monoisotopic (exact) mass is 320 g/mol. The van der Waals surface area contributed by atoms with Gasteiger partial charge < -0.3 is 10.5 Å². The number of hydrogen-bond acceptors (Lipinski definition) is 3. The Kier molecular flexibility index (Phi) is 6.09. The first-order chi connectivity index (χ1) is 9.12. The lowest BCUT2D eigenvalue weighted by atomic mass is 9.99. The van der Waals surface area contributed by atoms with Crippen LogP contribution in [0.15, 0.2) is 65.5 Å². The molecule has 0 amide bonds. The number of nitrogen functional groups attached to an aromatic ring is 1. The van der Waals surface area contributed by atoms with Crippen LogP contribution in [0.2, 0.25) is 0 Å².